The maximum absolute atomic E-state index is 13.1. The number of halogens is 1. The molecular weight excluding hydrogens is 466 g/mol. The van der Waals surface area contributed by atoms with Crippen LogP contribution in [-0.2, 0) is 39.1 Å². The SMILES string of the molecule is CCCCc1nc(Cl)c(CO)n1Cc1ccc(S(=O)(=O)NC2(C(=O)OC)CCCCC2)cc1. The van der Waals surface area contributed by atoms with Crippen molar-refractivity contribution in [2.75, 3.05) is 7.11 Å². The molecule has 1 aliphatic carbocycles. The minimum atomic E-state index is -3.92. The molecule has 1 saturated carbocycles. The molecule has 3 rings (SSSR count). The number of carbonyl (C=O) groups excluding carboxylic acids is 1. The summed E-state index contributed by atoms with van der Waals surface area (Å²) in [5.74, 6) is 0.247. The molecule has 1 fully saturated rings. The molecule has 1 aliphatic rings. The van der Waals surface area contributed by atoms with Crippen molar-refractivity contribution in [3.8, 4) is 0 Å². The first-order chi connectivity index (χ1) is 15.8. The molecule has 182 valence electrons. The number of nitrogens with one attached hydrogen (secondary N) is 1. The first-order valence-corrected chi connectivity index (χ1v) is 13.2. The van der Waals surface area contributed by atoms with Gasteiger partial charge in [-0.05, 0) is 37.0 Å². The highest BCUT2D eigenvalue weighted by Crippen LogP contribution is 2.31. The van der Waals surface area contributed by atoms with Crippen molar-refractivity contribution < 1.29 is 23.1 Å². The van der Waals surface area contributed by atoms with Crippen LogP contribution in [0.15, 0.2) is 29.2 Å². The van der Waals surface area contributed by atoms with Gasteiger partial charge in [0.2, 0.25) is 10.0 Å². The Labute approximate surface area is 200 Å². The van der Waals surface area contributed by atoms with Gasteiger partial charge in [-0.15, -0.1) is 0 Å². The summed E-state index contributed by atoms with van der Waals surface area (Å²) in [6.45, 7) is 2.27. The van der Waals surface area contributed by atoms with Crippen LogP contribution in [0.25, 0.3) is 0 Å². The van der Waals surface area contributed by atoms with Crippen molar-refractivity contribution in [3.05, 3.63) is 46.5 Å². The van der Waals surface area contributed by atoms with Gasteiger partial charge in [-0.25, -0.2) is 13.4 Å². The molecule has 33 heavy (non-hydrogen) atoms. The molecule has 1 heterocycles. The van der Waals surface area contributed by atoms with Crippen molar-refractivity contribution in [1.82, 2.24) is 14.3 Å². The van der Waals surface area contributed by atoms with Crippen LogP contribution in [0.3, 0.4) is 0 Å². The van der Waals surface area contributed by atoms with E-state index < -0.39 is 21.5 Å². The summed E-state index contributed by atoms with van der Waals surface area (Å²) < 4.78 is 35.6. The standard InChI is InChI=1S/C23H32ClN3O5S/c1-3-4-8-20-25-21(24)19(16-28)27(20)15-17-9-11-18(12-10-17)33(30,31)26-23(22(29)32-2)13-6-5-7-14-23/h9-12,26,28H,3-8,13-16H2,1-2H3. The molecular formula is C23H32ClN3O5S. The molecule has 0 atom stereocenters. The fourth-order valence-electron chi connectivity index (χ4n) is 4.34. The molecule has 8 nitrogen and oxygen atoms in total. The van der Waals surface area contributed by atoms with Gasteiger partial charge in [-0.2, -0.15) is 4.72 Å². The molecule has 0 amide bonds. The lowest BCUT2D eigenvalue weighted by molar-refractivity contribution is -0.149. The van der Waals surface area contributed by atoms with E-state index >= 15 is 0 Å². The maximum Gasteiger partial charge on any atom is 0.327 e. The summed E-state index contributed by atoms with van der Waals surface area (Å²) in [4.78, 5) is 16.9. The monoisotopic (exact) mass is 497 g/mol. The molecule has 2 N–H and O–H groups in total. The second-order valence-corrected chi connectivity index (χ2v) is 10.5. The molecule has 0 unspecified atom stereocenters. The van der Waals surface area contributed by atoms with Crippen LogP contribution < -0.4 is 4.72 Å². The molecule has 0 saturated heterocycles. The van der Waals surface area contributed by atoms with E-state index in [1.54, 1.807) is 12.1 Å². The van der Waals surface area contributed by atoms with Crippen molar-refractivity contribution in [3.63, 3.8) is 0 Å². The molecule has 0 radical (unpaired) electrons. The number of sulfonamides is 1. The smallest absolute Gasteiger partial charge is 0.327 e. The van der Waals surface area contributed by atoms with Crippen molar-refractivity contribution >= 4 is 27.6 Å². The van der Waals surface area contributed by atoms with Crippen LogP contribution in [-0.4, -0.2) is 41.7 Å². The van der Waals surface area contributed by atoms with E-state index in [-0.39, 0.29) is 16.7 Å². The van der Waals surface area contributed by atoms with Crippen LogP contribution in [0.5, 0.6) is 0 Å². The Morgan fingerprint density at radius 3 is 2.48 bits per heavy atom. The van der Waals surface area contributed by atoms with E-state index in [0.29, 0.717) is 25.1 Å². The van der Waals surface area contributed by atoms with Gasteiger partial charge in [-0.1, -0.05) is 56.3 Å². The summed E-state index contributed by atoms with van der Waals surface area (Å²) >= 11 is 6.21. The van der Waals surface area contributed by atoms with Gasteiger partial charge in [-0.3, -0.25) is 4.79 Å². The van der Waals surface area contributed by atoms with Gasteiger partial charge in [0.05, 0.1) is 24.3 Å². The number of unbranched alkanes of at least 4 members (excludes halogenated alkanes) is 1. The number of carbonyl (C=O) groups is 1. The number of aliphatic hydroxyl groups is 1. The lowest BCUT2D eigenvalue weighted by Crippen LogP contribution is -2.55. The molecule has 0 spiro atoms. The quantitative estimate of drug-likeness (QED) is 0.485. The number of aryl methyl sites for hydroxylation is 1. The Morgan fingerprint density at radius 2 is 1.91 bits per heavy atom. The van der Waals surface area contributed by atoms with Crippen molar-refractivity contribution in [1.29, 1.82) is 0 Å². The third kappa shape index (κ3) is 5.77. The number of nitrogens with zero attached hydrogens (tertiary/aromatic N) is 2. The number of imidazole rings is 1. The normalized spacial score (nSPS) is 16.0. The zero-order chi connectivity index (χ0) is 24.1. The summed E-state index contributed by atoms with van der Waals surface area (Å²) in [5, 5.41) is 10.0. The van der Waals surface area contributed by atoms with E-state index in [1.807, 2.05) is 4.57 Å². The fourth-order valence-corrected chi connectivity index (χ4v) is 6.01. The van der Waals surface area contributed by atoms with Gasteiger partial charge in [0.15, 0.2) is 5.15 Å². The highest BCUT2D eigenvalue weighted by atomic mass is 35.5. The summed E-state index contributed by atoms with van der Waals surface area (Å²) in [6.07, 6.45) is 6.02. The minimum absolute atomic E-state index is 0.0809. The number of hydrogen-bond acceptors (Lipinski definition) is 6. The van der Waals surface area contributed by atoms with E-state index in [9.17, 15) is 18.3 Å². The number of aliphatic hydroxyl groups excluding tert-OH is 1. The number of rotatable bonds is 10. The van der Waals surface area contributed by atoms with E-state index in [0.717, 1.165) is 49.9 Å². The average molecular weight is 498 g/mol. The predicted molar refractivity (Wildman–Crippen MR) is 125 cm³/mol. The largest absolute Gasteiger partial charge is 0.468 e. The van der Waals surface area contributed by atoms with Crippen molar-refractivity contribution in [2.45, 2.75) is 81.9 Å². The molecule has 1 aromatic heterocycles. The number of benzene rings is 1. The third-order valence-electron chi connectivity index (χ3n) is 6.19. The summed E-state index contributed by atoms with van der Waals surface area (Å²) in [6, 6.07) is 6.49. The Morgan fingerprint density at radius 1 is 1.24 bits per heavy atom. The number of hydrogen-bond donors (Lipinski definition) is 2. The van der Waals surface area contributed by atoms with Gasteiger partial charge < -0.3 is 14.4 Å². The summed E-state index contributed by atoms with van der Waals surface area (Å²) in [7, 11) is -2.65. The number of methoxy groups -OCH3 is 1. The lowest BCUT2D eigenvalue weighted by atomic mass is 9.83. The van der Waals surface area contributed by atoms with E-state index in [2.05, 4.69) is 16.6 Å². The minimum Gasteiger partial charge on any atom is -0.468 e. The predicted octanol–water partition coefficient (Wildman–Crippen LogP) is 3.57. The van der Waals surface area contributed by atoms with Crippen LogP contribution in [0.1, 0.15) is 69.0 Å². The zero-order valence-electron chi connectivity index (χ0n) is 19.1. The second kappa shape index (κ2) is 11.0. The van der Waals surface area contributed by atoms with Crippen LogP contribution >= 0.6 is 11.6 Å². The van der Waals surface area contributed by atoms with Gasteiger partial charge >= 0.3 is 5.97 Å². The zero-order valence-corrected chi connectivity index (χ0v) is 20.7. The lowest BCUT2D eigenvalue weighted by Gasteiger charge is -2.34. The Kier molecular flexibility index (Phi) is 8.55. The Hall–Kier alpha value is -1.94. The highest BCUT2D eigenvalue weighted by molar-refractivity contribution is 7.89. The van der Waals surface area contributed by atoms with Crippen LogP contribution in [0, 0.1) is 0 Å². The number of ether oxygens (including phenoxy) is 1. The topological polar surface area (TPSA) is 111 Å². The second-order valence-electron chi connectivity index (χ2n) is 8.50. The van der Waals surface area contributed by atoms with Crippen molar-refractivity contribution in [2.24, 2.45) is 0 Å². The average Bonchev–Trinajstić information content (AvgIpc) is 3.11. The number of esters is 1. The Bertz CT molecular complexity index is 1060. The van der Waals surface area contributed by atoms with Gasteiger partial charge in [0.25, 0.3) is 0 Å². The number of aromatic nitrogens is 2. The highest BCUT2D eigenvalue weighted by Gasteiger charge is 2.44. The van der Waals surface area contributed by atoms with Crippen LogP contribution in [0.4, 0.5) is 0 Å². The molecule has 10 heteroatoms. The third-order valence-corrected chi connectivity index (χ3v) is 8.05. The first kappa shape index (κ1) is 25.7. The summed E-state index contributed by atoms with van der Waals surface area (Å²) in [5.41, 5.74) is 0.164. The first-order valence-electron chi connectivity index (χ1n) is 11.3. The van der Waals surface area contributed by atoms with Crippen LogP contribution in [0.2, 0.25) is 5.15 Å². The van der Waals surface area contributed by atoms with Gasteiger partial charge in [0, 0.05) is 13.0 Å². The fraction of sp³-hybridized carbons (Fsp3) is 0.565. The molecule has 1 aromatic carbocycles. The molecule has 0 bridgehead atoms. The molecule has 0 aliphatic heterocycles. The van der Waals surface area contributed by atoms with Gasteiger partial charge in [0.1, 0.15) is 11.4 Å². The van der Waals surface area contributed by atoms with E-state index in [4.69, 9.17) is 16.3 Å². The Balaban J connectivity index is 1.82. The molecule has 2 aromatic rings. The maximum atomic E-state index is 13.1. The van der Waals surface area contributed by atoms with E-state index in [1.165, 1.54) is 19.2 Å².